The van der Waals surface area contributed by atoms with Gasteiger partial charge < -0.3 is 9.16 Å². The normalized spacial score (nSPS) is 11.8. The maximum Gasteiger partial charge on any atom is 0.308 e. The largest absolute Gasteiger partial charge is 0.543 e. The van der Waals surface area contributed by atoms with E-state index in [-0.39, 0.29) is 11.8 Å². The summed E-state index contributed by atoms with van der Waals surface area (Å²) in [6.45, 7) is 14.9. The van der Waals surface area contributed by atoms with E-state index in [1.807, 2.05) is 36.4 Å². The summed E-state index contributed by atoms with van der Waals surface area (Å²) in [6.07, 6.45) is 0.295. The molecule has 0 radical (unpaired) electrons. The fourth-order valence-electron chi connectivity index (χ4n) is 4.40. The third-order valence-electron chi connectivity index (χ3n) is 5.73. The van der Waals surface area contributed by atoms with Crippen LogP contribution in [0, 0.1) is 0 Å². The SMILES string of the molecule is CC(=O)Oc1ccc(CC(=O)c2ccc(O[Si](C(C)C)(C(C)C)C(C)C)cc2)cc1. The number of ether oxygens (including phenoxy) is 1. The van der Waals surface area contributed by atoms with Crippen LogP contribution >= 0.6 is 0 Å². The zero-order valence-electron chi connectivity index (χ0n) is 19.2. The molecule has 0 saturated heterocycles. The van der Waals surface area contributed by atoms with Crippen LogP contribution in [0.4, 0.5) is 0 Å². The molecule has 0 saturated carbocycles. The van der Waals surface area contributed by atoms with Crippen molar-refractivity contribution in [3.8, 4) is 11.5 Å². The third-order valence-corrected chi connectivity index (χ3v) is 11.7. The second-order valence-electron chi connectivity index (χ2n) is 8.78. The maximum atomic E-state index is 12.7. The van der Waals surface area contributed by atoms with Crippen molar-refractivity contribution in [2.45, 2.75) is 71.5 Å². The van der Waals surface area contributed by atoms with Crippen LogP contribution in [0.25, 0.3) is 0 Å². The van der Waals surface area contributed by atoms with Crippen LogP contribution in [0.1, 0.15) is 64.4 Å². The number of hydrogen-bond acceptors (Lipinski definition) is 4. The van der Waals surface area contributed by atoms with E-state index in [9.17, 15) is 9.59 Å². The highest BCUT2D eigenvalue weighted by Gasteiger charge is 2.46. The lowest BCUT2D eigenvalue weighted by atomic mass is 10.0. The van der Waals surface area contributed by atoms with Gasteiger partial charge in [-0.25, -0.2) is 0 Å². The number of Topliss-reactive ketones (excluding diaryl/α,β-unsaturated/α-hetero) is 1. The van der Waals surface area contributed by atoms with Crippen molar-refractivity contribution in [1.29, 1.82) is 0 Å². The Labute approximate surface area is 181 Å². The van der Waals surface area contributed by atoms with Crippen molar-refractivity contribution in [3.63, 3.8) is 0 Å². The van der Waals surface area contributed by atoms with Gasteiger partial charge in [0.1, 0.15) is 11.5 Å². The average Bonchev–Trinajstić information content (AvgIpc) is 2.66. The molecule has 0 amide bonds. The van der Waals surface area contributed by atoms with Crippen molar-refractivity contribution in [3.05, 3.63) is 59.7 Å². The number of carbonyl (C=O) groups is 2. The minimum atomic E-state index is -2.01. The fourth-order valence-corrected chi connectivity index (χ4v) is 9.65. The molecule has 0 aliphatic heterocycles. The lowest BCUT2D eigenvalue weighted by Gasteiger charge is -2.42. The maximum absolute atomic E-state index is 12.7. The number of benzene rings is 2. The van der Waals surface area contributed by atoms with Gasteiger partial charge in [-0.15, -0.1) is 0 Å². The fraction of sp³-hybridized carbons (Fsp3) is 0.440. The monoisotopic (exact) mass is 426 g/mol. The van der Waals surface area contributed by atoms with Crippen LogP contribution in [0.3, 0.4) is 0 Å². The first-order valence-corrected chi connectivity index (χ1v) is 12.8. The smallest absolute Gasteiger partial charge is 0.308 e. The predicted octanol–water partition coefficient (Wildman–Crippen LogP) is 6.59. The van der Waals surface area contributed by atoms with Crippen LogP contribution < -0.4 is 9.16 Å². The van der Waals surface area contributed by atoms with Crippen molar-refractivity contribution in [2.24, 2.45) is 0 Å². The van der Waals surface area contributed by atoms with Gasteiger partial charge in [0.15, 0.2) is 5.78 Å². The van der Waals surface area contributed by atoms with Crippen LogP contribution in [-0.2, 0) is 11.2 Å². The van der Waals surface area contributed by atoms with Crippen molar-refractivity contribution in [2.75, 3.05) is 0 Å². The molecule has 2 aromatic carbocycles. The standard InChI is InChI=1S/C25H34O4Si/c1-17(2)30(18(3)4,19(5)6)29-24-14-10-22(11-15-24)25(27)16-21-8-12-23(13-9-21)28-20(7)26/h8-15,17-19H,16H2,1-7H3. The lowest BCUT2D eigenvalue weighted by molar-refractivity contribution is -0.131. The minimum absolute atomic E-state index is 0.0434. The molecule has 30 heavy (non-hydrogen) atoms. The van der Waals surface area contributed by atoms with E-state index in [0.29, 0.717) is 34.4 Å². The van der Waals surface area contributed by atoms with Crippen LogP contribution in [0.15, 0.2) is 48.5 Å². The Bertz CT molecular complexity index is 830. The topological polar surface area (TPSA) is 52.6 Å². The Kier molecular flexibility index (Phi) is 8.01. The van der Waals surface area contributed by atoms with Crippen LogP contribution in [-0.4, -0.2) is 20.1 Å². The molecule has 4 nitrogen and oxygen atoms in total. The first kappa shape index (κ1) is 23.9. The van der Waals surface area contributed by atoms with Gasteiger partial charge in [-0.3, -0.25) is 9.59 Å². The van der Waals surface area contributed by atoms with E-state index < -0.39 is 8.32 Å². The molecule has 0 N–H and O–H groups in total. The number of ketones is 1. The first-order valence-electron chi connectivity index (χ1n) is 10.7. The molecule has 5 heteroatoms. The molecule has 0 unspecified atom stereocenters. The molecule has 0 aliphatic rings. The first-order chi connectivity index (χ1) is 14.1. The summed E-state index contributed by atoms with van der Waals surface area (Å²) in [5.41, 5.74) is 3.02. The molecule has 0 heterocycles. The molecule has 0 aromatic heterocycles. The summed E-state index contributed by atoms with van der Waals surface area (Å²) < 4.78 is 11.7. The second kappa shape index (κ2) is 10.1. The Morgan fingerprint density at radius 1 is 0.767 bits per heavy atom. The molecule has 2 aromatic rings. The van der Waals surface area contributed by atoms with Crippen molar-refractivity contribution in [1.82, 2.24) is 0 Å². The van der Waals surface area contributed by atoms with Crippen LogP contribution in [0.5, 0.6) is 11.5 Å². The number of carbonyl (C=O) groups excluding carboxylic acids is 2. The van der Waals surface area contributed by atoms with E-state index in [2.05, 4.69) is 41.5 Å². The average molecular weight is 427 g/mol. The molecule has 0 fully saturated rings. The Morgan fingerprint density at radius 3 is 1.67 bits per heavy atom. The second-order valence-corrected chi connectivity index (χ2v) is 14.2. The Balaban J connectivity index is 2.11. The highest BCUT2D eigenvalue weighted by molar-refractivity contribution is 6.78. The summed E-state index contributed by atoms with van der Waals surface area (Å²) in [5.74, 6) is 1.01. The number of hydrogen-bond donors (Lipinski definition) is 0. The van der Waals surface area contributed by atoms with E-state index >= 15 is 0 Å². The predicted molar refractivity (Wildman–Crippen MR) is 124 cm³/mol. The Morgan fingerprint density at radius 2 is 1.23 bits per heavy atom. The molecule has 2 rings (SSSR count). The molecule has 0 spiro atoms. The highest BCUT2D eigenvalue weighted by atomic mass is 28.4. The number of rotatable bonds is 9. The summed E-state index contributed by atoms with van der Waals surface area (Å²) in [6, 6.07) is 14.6. The van der Waals surface area contributed by atoms with Gasteiger partial charge in [-0.2, -0.15) is 0 Å². The summed E-state index contributed by atoms with van der Waals surface area (Å²) in [7, 11) is -2.01. The summed E-state index contributed by atoms with van der Waals surface area (Å²) in [5, 5.41) is 0. The van der Waals surface area contributed by atoms with Crippen molar-refractivity contribution >= 4 is 20.1 Å². The van der Waals surface area contributed by atoms with Gasteiger partial charge in [0.05, 0.1) is 0 Å². The van der Waals surface area contributed by atoms with Gasteiger partial charge in [-0.05, 0) is 58.6 Å². The van der Waals surface area contributed by atoms with Crippen molar-refractivity contribution < 1.29 is 18.8 Å². The van der Waals surface area contributed by atoms with E-state index in [1.165, 1.54) is 6.92 Å². The van der Waals surface area contributed by atoms with E-state index in [1.54, 1.807) is 12.1 Å². The lowest BCUT2D eigenvalue weighted by Crippen LogP contribution is -2.50. The Hall–Kier alpha value is -2.40. The molecular weight excluding hydrogens is 392 g/mol. The van der Waals surface area contributed by atoms with Gasteiger partial charge in [0, 0.05) is 18.9 Å². The molecular formula is C25H34O4Si. The zero-order valence-corrected chi connectivity index (χ0v) is 20.2. The molecule has 0 atom stereocenters. The van der Waals surface area contributed by atoms with Gasteiger partial charge >= 0.3 is 5.97 Å². The third kappa shape index (κ3) is 5.60. The molecule has 0 aliphatic carbocycles. The minimum Gasteiger partial charge on any atom is -0.543 e. The summed E-state index contributed by atoms with van der Waals surface area (Å²) >= 11 is 0. The van der Waals surface area contributed by atoms with E-state index in [0.717, 1.165) is 11.3 Å². The highest BCUT2D eigenvalue weighted by Crippen LogP contribution is 2.42. The van der Waals surface area contributed by atoms with Gasteiger partial charge in [0.2, 0.25) is 0 Å². The molecule has 162 valence electrons. The quantitative estimate of drug-likeness (QED) is 0.196. The van der Waals surface area contributed by atoms with Gasteiger partial charge in [0.25, 0.3) is 8.32 Å². The summed E-state index contributed by atoms with van der Waals surface area (Å²) in [4.78, 5) is 23.7. The number of esters is 1. The molecule has 0 bridgehead atoms. The van der Waals surface area contributed by atoms with E-state index in [4.69, 9.17) is 9.16 Å². The zero-order chi connectivity index (χ0) is 22.5. The van der Waals surface area contributed by atoms with Gasteiger partial charge in [-0.1, -0.05) is 53.7 Å². The van der Waals surface area contributed by atoms with Crippen LogP contribution in [0.2, 0.25) is 16.6 Å².